The SMILES string of the molecule is CC/C=C\C/C=C\C/C=C\C/C=C\C/C=C\C/C=C\CCC(=O)OC(COC(=O)CCCCCCC/C=C\C/C=C\C/C=C\C/C=C\C/C=C\CC)COC(=O)CCCCCCCCCCCCCCC. The Kier molecular flexibility index (Phi) is 54.5. The van der Waals surface area contributed by atoms with Crippen LogP contribution in [0.3, 0.4) is 0 Å². The summed E-state index contributed by atoms with van der Waals surface area (Å²) in [5, 5.41) is 0. The summed E-state index contributed by atoms with van der Waals surface area (Å²) in [4.78, 5) is 38.1. The van der Waals surface area contributed by atoms with Gasteiger partial charge in [-0.3, -0.25) is 14.4 Å². The van der Waals surface area contributed by atoms with Crippen LogP contribution >= 0.6 is 0 Å². The van der Waals surface area contributed by atoms with Gasteiger partial charge in [0.15, 0.2) is 6.10 Å². The van der Waals surface area contributed by atoms with E-state index in [9.17, 15) is 14.4 Å². The molecule has 0 bridgehead atoms. The van der Waals surface area contributed by atoms with E-state index in [0.29, 0.717) is 19.3 Å². The second-order valence-electron chi connectivity index (χ2n) is 18.4. The predicted octanol–water partition coefficient (Wildman–Crippen LogP) is 19.4. The van der Waals surface area contributed by atoms with Crippen LogP contribution in [0.15, 0.2) is 134 Å². The van der Waals surface area contributed by atoms with E-state index < -0.39 is 12.1 Å². The average Bonchev–Trinajstić information content (AvgIpc) is 3.37. The van der Waals surface area contributed by atoms with E-state index in [4.69, 9.17) is 14.2 Å². The number of carbonyl (C=O) groups excluding carboxylic acids is 3. The molecule has 6 heteroatoms. The third kappa shape index (κ3) is 56.3. The zero-order chi connectivity index (χ0) is 51.4. The number of rotatable bonds is 50. The van der Waals surface area contributed by atoms with Crippen molar-refractivity contribution in [1.82, 2.24) is 0 Å². The molecule has 0 aliphatic rings. The molecule has 1 unspecified atom stereocenters. The predicted molar refractivity (Wildman–Crippen MR) is 306 cm³/mol. The van der Waals surface area contributed by atoms with Crippen LogP contribution in [0, 0.1) is 0 Å². The van der Waals surface area contributed by atoms with Gasteiger partial charge in [-0.1, -0.05) is 251 Å². The Labute approximate surface area is 436 Å². The molecule has 0 fully saturated rings. The van der Waals surface area contributed by atoms with Crippen molar-refractivity contribution < 1.29 is 28.6 Å². The van der Waals surface area contributed by atoms with Crippen LogP contribution in [-0.4, -0.2) is 37.2 Å². The maximum Gasteiger partial charge on any atom is 0.306 e. The largest absolute Gasteiger partial charge is 0.462 e. The summed E-state index contributed by atoms with van der Waals surface area (Å²) >= 11 is 0. The van der Waals surface area contributed by atoms with Crippen molar-refractivity contribution in [2.45, 2.75) is 245 Å². The molecule has 400 valence electrons. The minimum Gasteiger partial charge on any atom is -0.462 e. The highest BCUT2D eigenvalue weighted by atomic mass is 16.6. The van der Waals surface area contributed by atoms with Crippen molar-refractivity contribution in [1.29, 1.82) is 0 Å². The minimum absolute atomic E-state index is 0.117. The Morgan fingerprint density at radius 3 is 0.915 bits per heavy atom. The zero-order valence-corrected chi connectivity index (χ0v) is 45.7. The van der Waals surface area contributed by atoms with Crippen molar-refractivity contribution >= 4 is 17.9 Å². The first-order chi connectivity index (χ1) is 35.0. The van der Waals surface area contributed by atoms with Crippen molar-refractivity contribution in [2.24, 2.45) is 0 Å². The van der Waals surface area contributed by atoms with Crippen molar-refractivity contribution in [3.8, 4) is 0 Å². The molecule has 0 radical (unpaired) electrons. The molecule has 0 aliphatic heterocycles. The summed E-state index contributed by atoms with van der Waals surface area (Å²) in [6.07, 6.45) is 81.6. The van der Waals surface area contributed by atoms with E-state index >= 15 is 0 Å². The van der Waals surface area contributed by atoms with Gasteiger partial charge in [0.1, 0.15) is 13.2 Å². The van der Waals surface area contributed by atoms with E-state index in [2.05, 4.69) is 142 Å². The van der Waals surface area contributed by atoms with Gasteiger partial charge in [0.05, 0.1) is 0 Å². The molecule has 0 spiro atoms. The second kappa shape index (κ2) is 58.1. The first-order valence-corrected chi connectivity index (χ1v) is 28.7. The Bertz CT molecular complexity index is 1550. The second-order valence-corrected chi connectivity index (χ2v) is 18.4. The van der Waals surface area contributed by atoms with Gasteiger partial charge in [0.25, 0.3) is 0 Å². The Morgan fingerprint density at radius 1 is 0.296 bits per heavy atom. The van der Waals surface area contributed by atoms with Crippen LogP contribution in [0.2, 0.25) is 0 Å². The van der Waals surface area contributed by atoms with E-state index in [0.717, 1.165) is 128 Å². The van der Waals surface area contributed by atoms with Gasteiger partial charge in [0.2, 0.25) is 0 Å². The van der Waals surface area contributed by atoms with Gasteiger partial charge >= 0.3 is 17.9 Å². The number of ether oxygens (including phenoxy) is 3. The molecule has 0 saturated carbocycles. The van der Waals surface area contributed by atoms with E-state index in [1.54, 1.807) is 0 Å². The fraction of sp³-hybridized carbons (Fsp3) is 0.615. The molecule has 0 aromatic carbocycles. The molecule has 6 nitrogen and oxygen atoms in total. The standard InChI is InChI=1S/C65H104O6/c1-4-7-10-13-16-19-22-25-27-29-31-32-34-35-37-40-43-46-49-52-55-58-64(67)70-61-62(60-69-63(66)57-54-51-48-45-42-39-24-21-18-15-12-9-6-3)71-65(68)59-56-53-50-47-44-41-38-36-33-30-28-26-23-20-17-14-11-8-5-2/h7-8,10-11,16-17,19-20,25-28,31-33,35-37,41,44,50,53,62H,4-6,9,12-15,18,21-24,29-30,34,38-40,42-43,45-49,51-52,54-61H2,1-3H3/b10-7-,11-8-,19-16-,20-17-,27-25-,28-26-,32-31-,36-33-,37-35-,44-41-,53-50-. The van der Waals surface area contributed by atoms with Gasteiger partial charge in [0, 0.05) is 19.3 Å². The van der Waals surface area contributed by atoms with E-state index in [1.807, 2.05) is 12.2 Å². The topological polar surface area (TPSA) is 78.9 Å². The van der Waals surface area contributed by atoms with Gasteiger partial charge in [-0.25, -0.2) is 0 Å². The lowest BCUT2D eigenvalue weighted by molar-refractivity contribution is -0.166. The monoisotopic (exact) mass is 981 g/mol. The molecule has 0 amide bonds. The highest BCUT2D eigenvalue weighted by Crippen LogP contribution is 2.14. The Hall–Kier alpha value is -4.45. The smallest absolute Gasteiger partial charge is 0.306 e. The number of esters is 3. The van der Waals surface area contributed by atoms with Crippen LogP contribution < -0.4 is 0 Å². The van der Waals surface area contributed by atoms with Gasteiger partial charge < -0.3 is 14.2 Å². The molecular formula is C65H104O6. The zero-order valence-electron chi connectivity index (χ0n) is 45.7. The highest BCUT2D eigenvalue weighted by molar-refractivity contribution is 5.71. The fourth-order valence-electron chi connectivity index (χ4n) is 7.44. The van der Waals surface area contributed by atoms with Crippen LogP contribution in [0.25, 0.3) is 0 Å². The maximum atomic E-state index is 12.8. The lowest BCUT2D eigenvalue weighted by atomic mass is 10.0. The summed E-state index contributed by atoms with van der Waals surface area (Å²) in [5.74, 6) is -1.02. The molecule has 0 heterocycles. The summed E-state index contributed by atoms with van der Waals surface area (Å²) < 4.78 is 16.8. The quantitative estimate of drug-likeness (QED) is 0.0262. The summed E-state index contributed by atoms with van der Waals surface area (Å²) in [6.45, 7) is 6.33. The van der Waals surface area contributed by atoms with Gasteiger partial charge in [-0.05, 0) is 103 Å². The van der Waals surface area contributed by atoms with Crippen LogP contribution in [-0.2, 0) is 28.6 Å². The van der Waals surface area contributed by atoms with Crippen LogP contribution in [0.1, 0.15) is 239 Å². The third-order valence-corrected chi connectivity index (χ3v) is 11.7. The molecule has 1 atom stereocenters. The van der Waals surface area contributed by atoms with Crippen molar-refractivity contribution in [2.75, 3.05) is 13.2 Å². The summed E-state index contributed by atoms with van der Waals surface area (Å²) in [5.41, 5.74) is 0. The lowest BCUT2D eigenvalue weighted by Gasteiger charge is -2.18. The highest BCUT2D eigenvalue weighted by Gasteiger charge is 2.19. The summed E-state index contributed by atoms with van der Waals surface area (Å²) in [6, 6.07) is 0. The number of allylic oxidation sites excluding steroid dienone is 22. The first-order valence-electron chi connectivity index (χ1n) is 28.7. The van der Waals surface area contributed by atoms with E-state index in [1.165, 1.54) is 64.2 Å². The lowest BCUT2D eigenvalue weighted by Crippen LogP contribution is -2.30. The number of carbonyl (C=O) groups is 3. The molecule has 0 rings (SSSR count). The normalized spacial score (nSPS) is 13.1. The summed E-state index contributed by atoms with van der Waals surface area (Å²) in [7, 11) is 0. The third-order valence-electron chi connectivity index (χ3n) is 11.7. The van der Waals surface area contributed by atoms with Gasteiger partial charge in [-0.2, -0.15) is 0 Å². The maximum absolute atomic E-state index is 12.8. The Balaban J connectivity index is 4.54. The van der Waals surface area contributed by atoms with Gasteiger partial charge in [-0.15, -0.1) is 0 Å². The number of unbranched alkanes of at least 4 members (excludes halogenated alkanes) is 17. The molecule has 0 saturated heterocycles. The number of hydrogen-bond acceptors (Lipinski definition) is 6. The molecule has 0 aromatic rings. The Morgan fingerprint density at radius 2 is 0.577 bits per heavy atom. The fourth-order valence-corrected chi connectivity index (χ4v) is 7.44. The average molecular weight is 982 g/mol. The molecule has 71 heavy (non-hydrogen) atoms. The molecule has 0 aromatic heterocycles. The van der Waals surface area contributed by atoms with Crippen molar-refractivity contribution in [3.05, 3.63) is 134 Å². The minimum atomic E-state index is -0.830. The van der Waals surface area contributed by atoms with E-state index in [-0.39, 0.29) is 31.6 Å². The van der Waals surface area contributed by atoms with Crippen LogP contribution in [0.5, 0.6) is 0 Å². The van der Waals surface area contributed by atoms with Crippen LogP contribution in [0.4, 0.5) is 0 Å². The number of hydrogen-bond donors (Lipinski definition) is 0. The first kappa shape index (κ1) is 66.6. The molecular weight excluding hydrogens is 877 g/mol. The molecule has 0 aliphatic carbocycles. The molecule has 0 N–H and O–H groups in total. The van der Waals surface area contributed by atoms with Crippen molar-refractivity contribution in [3.63, 3.8) is 0 Å².